The molecule has 1 aliphatic rings. The lowest BCUT2D eigenvalue weighted by Gasteiger charge is -2.06. The number of carbonyl (C=O) groups excluding carboxylic acids is 1. The first-order valence-electron chi connectivity index (χ1n) is 7.77. The molecule has 2 unspecified atom stereocenters. The van der Waals surface area contributed by atoms with E-state index in [0.717, 1.165) is 27.2 Å². The van der Waals surface area contributed by atoms with Gasteiger partial charge in [-0.1, -0.05) is 28.1 Å². The van der Waals surface area contributed by atoms with Crippen LogP contribution in [0, 0.1) is 5.92 Å². The summed E-state index contributed by atoms with van der Waals surface area (Å²) in [6, 6.07) is 16.1. The zero-order chi connectivity index (χ0) is 16.5. The van der Waals surface area contributed by atoms with E-state index in [-0.39, 0.29) is 11.8 Å². The normalized spacial score (nSPS) is 19.0. The van der Waals surface area contributed by atoms with Crippen molar-refractivity contribution in [2.45, 2.75) is 12.3 Å². The number of nitrogens with zero attached hydrogens (tertiary/aromatic N) is 1. The van der Waals surface area contributed by atoms with Crippen molar-refractivity contribution in [3.05, 3.63) is 70.1 Å². The average molecular weight is 399 g/mol. The molecule has 0 radical (unpaired) electrons. The quantitative estimate of drug-likeness (QED) is 0.646. The van der Waals surface area contributed by atoms with Crippen molar-refractivity contribution >= 4 is 38.9 Å². The van der Waals surface area contributed by atoms with E-state index >= 15 is 0 Å². The van der Waals surface area contributed by atoms with Gasteiger partial charge in [0.25, 0.3) is 0 Å². The van der Waals surface area contributed by atoms with Crippen molar-refractivity contribution in [3.8, 4) is 10.6 Å². The maximum Gasteiger partial charge on any atom is 0.228 e. The number of nitrogens with one attached hydrogen (secondary N) is 1. The summed E-state index contributed by atoms with van der Waals surface area (Å²) in [5.74, 6) is 0.516. The third-order valence-corrected chi connectivity index (χ3v) is 5.61. The van der Waals surface area contributed by atoms with Crippen LogP contribution in [0.15, 0.2) is 64.6 Å². The van der Waals surface area contributed by atoms with Crippen molar-refractivity contribution in [2.75, 3.05) is 5.32 Å². The van der Waals surface area contributed by atoms with Gasteiger partial charge in [0.1, 0.15) is 5.01 Å². The smallest absolute Gasteiger partial charge is 0.228 e. The number of amides is 1. The van der Waals surface area contributed by atoms with Crippen LogP contribution in [0.4, 0.5) is 5.69 Å². The molecular weight excluding hydrogens is 384 g/mol. The summed E-state index contributed by atoms with van der Waals surface area (Å²) in [5.41, 5.74) is 3.14. The van der Waals surface area contributed by atoms with E-state index in [1.807, 2.05) is 41.8 Å². The van der Waals surface area contributed by atoms with Gasteiger partial charge in [0, 0.05) is 33.2 Å². The monoisotopic (exact) mass is 398 g/mol. The SMILES string of the molecule is O=C(Nc1ccc(-c2nccs2)cc1)C1CC1c1ccc(Br)cc1. The molecule has 1 N–H and O–H groups in total. The van der Waals surface area contributed by atoms with E-state index in [4.69, 9.17) is 0 Å². The fourth-order valence-corrected chi connectivity index (χ4v) is 3.77. The van der Waals surface area contributed by atoms with E-state index in [2.05, 4.69) is 38.4 Å². The van der Waals surface area contributed by atoms with Gasteiger partial charge in [0.05, 0.1) is 0 Å². The molecule has 3 aromatic rings. The highest BCUT2D eigenvalue weighted by Crippen LogP contribution is 2.48. The Morgan fingerprint density at radius 1 is 1.12 bits per heavy atom. The molecule has 0 aliphatic heterocycles. The highest BCUT2D eigenvalue weighted by molar-refractivity contribution is 9.10. The number of rotatable bonds is 4. The second-order valence-corrected chi connectivity index (χ2v) is 7.71. The minimum Gasteiger partial charge on any atom is -0.326 e. The zero-order valence-corrected chi connectivity index (χ0v) is 15.2. The topological polar surface area (TPSA) is 42.0 Å². The average Bonchev–Trinajstić information content (AvgIpc) is 3.21. The van der Waals surface area contributed by atoms with E-state index in [1.165, 1.54) is 5.56 Å². The summed E-state index contributed by atoms with van der Waals surface area (Å²) < 4.78 is 1.06. The van der Waals surface area contributed by atoms with Gasteiger partial charge < -0.3 is 5.32 Å². The number of carbonyl (C=O) groups is 1. The van der Waals surface area contributed by atoms with Crippen LogP contribution in [0.1, 0.15) is 17.9 Å². The van der Waals surface area contributed by atoms with Crippen molar-refractivity contribution in [1.82, 2.24) is 4.98 Å². The Morgan fingerprint density at radius 3 is 2.54 bits per heavy atom. The number of thiazole rings is 1. The largest absolute Gasteiger partial charge is 0.326 e. The molecular formula is C19H15BrN2OS. The van der Waals surface area contributed by atoms with E-state index in [1.54, 1.807) is 17.5 Å². The van der Waals surface area contributed by atoms with Crippen LogP contribution in [0.25, 0.3) is 10.6 Å². The van der Waals surface area contributed by atoms with E-state index in [0.29, 0.717) is 5.92 Å². The molecule has 0 saturated heterocycles. The Hall–Kier alpha value is -1.98. The lowest BCUT2D eigenvalue weighted by atomic mass is 10.1. The van der Waals surface area contributed by atoms with Gasteiger partial charge in [-0.25, -0.2) is 4.98 Å². The van der Waals surface area contributed by atoms with Gasteiger partial charge in [0.2, 0.25) is 5.91 Å². The molecule has 1 heterocycles. The van der Waals surface area contributed by atoms with Gasteiger partial charge in [0.15, 0.2) is 0 Å². The molecule has 1 amide bonds. The van der Waals surface area contributed by atoms with Crippen LogP contribution in [0.5, 0.6) is 0 Å². The molecule has 3 nitrogen and oxygen atoms in total. The fraction of sp³-hybridized carbons (Fsp3) is 0.158. The molecule has 120 valence electrons. The van der Waals surface area contributed by atoms with Crippen molar-refractivity contribution in [3.63, 3.8) is 0 Å². The summed E-state index contributed by atoms with van der Waals surface area (Å²) in [5, 5.41) is 5.97. The van der Waals surface area contributed by atoms with Gasteiger partial charge in [-0.3, -0.25) is 4.79 Å². The molecule has 0 spiro atoms. The number of hydrogen-bond acceptors (Lipinski definition) is 3. The van der Waals surface area contributed by atoms with Gasteiger partial charge in [-0.2, -0.15) is 0 Å². The highest BCUT2D eigenvalue weighted by atomic mass is 79.9. The summed E-state index contributed by atoms with van der Waals surface area (Å²) in [7, 11) is 0. The fourth-order valence-electron chi connectivity index (χ4n) is 2.86. The van der Waals surface area contributed by atoms with E-state index < -0.39 is 0 Å². The maximum absolute atomic E-state index is 12.4. The minimum atomic E-state index is 0.0739. The van der Waals surface area contributed by atoms with Crippen molar-refractivity contribution in [1.29, 1.82) is 0 Å². The Balaban J connectivity index is 1.39. The summed E-state index contributed by atoms with van der Waals surface area (Å²) in [6.45, 7) is 0. The molecule has 1 saturated carbocycles. The van der Waals surface area contributed by atoms with Gasteiger partial charge in [-0.15, -0.1) is 11.3 Å². The highest BCUT2D eigenvalue weighted by Gasteiger charge is 2.43. The van der Waals surface area contributed by atoms with Crippen LogP contribution < -0.4 is 5.32 Å². The first-order valence-corrected chi connectivity index (χ1v) is 9.44. The molecule has 2 aromatic carbocycles. The third-order valence-electron chi connectivity index (χ3n) is 4.26. The van der Waals surface area contributed by atoms with Crippen LogP contribution in [0.3, 0.4) is 0 Å². The van der Waals surface area contributed by atoms with Gasteiger partial charge in [-0.05, 0) is 54.3 Å². The molecule has 4 rings (SSSR count). The van der Waals surface area contributed by atoms with Crippen molar-refractivity contribution in [2.24, 2.45) is 5.92 Å². The molecule has 0 bridgehead atoms. The van der Waals surface area contributed by atoms with Crippen LogP contribution in [0.2, 0.25) is 0 Å². The Labute approximate surface area is 152 Å². The predicted molar refractivity (Wildman–Crippen MR) is 101 cm³/mol. The number of benzene rings is 2. The Bertz CT molecular complexity index is 844. The second kappa shape index (κ2) is 6.49. The van der Waals surface area contributed by atoms with E-state index in [9.17, 15) is 4.79 Å². The van der Waals surface area contributed by atoms with Crippen LogP contribution in [-0.4, -0.2) is 10.9 Å². The number of aromatic nitrogens is 1. The third kappa shape index (κ3) is 3.28. The summed E-state index contributed by atoms with van der Waals surface area (Å²) in [4.78, 5) is 16.7. The van der Waals surface area contributed by atoms with Crippen LogP contribution in [-0.2, 0) is 4.79 Å². The lowest BCUT2D eigenvalue weighted by molar-refractivity contribution is -0.117. The molecule has 1 aromatic heterocycles. The lowest BCUT2D eigenvalue weighted by Crippen LogP contribution is -2.14. The molecule has 24 heavy (non-hydrogen) atoms. The first-order chi connectivity index (χ1) is 11.7. The number of anilines is 1. The Kier molecular flexibility index (Phi) is 4.21. The Morgan fingerprint density at radius 2 is 1.88 bits per heavy atom. The molecule has 1 aliphatic carbocycles. The van der Waals surface area contributed by atoms with Crippen molar-refractivity contribution < 1.29 is 4.79 Å². The molecule has 1 fully saturated rings. The molecule has 2 atom stereocenters. The first kappa shape index (κ1) is 15.5. The predicted octanol–water partition coefficient (Wildman–Crippen LogP) is 5.31. The van der Waals surface area contributed by atoms with Crippen LogP contribution >= 0.6 is 27.3 Å². The summed E-state index contributed by atoms with van der Waals surface area (Å²) in [6.07, 6.45) is 2.72. The standard InChI is InChI=1S/C19H15BrN2OS/c20-14-5-1-12(2-6-14)16-11-17(16)18(23)22-15-7-3-13(4-8-15)19-21-9-10-24-19/h1-10,16-17H,11H2,(H,22,23). The number of hydrogen-bond donors (Lipinski definition) is 1. The zero-order valence-electron chi connectivity index (χ0n) is 12.8. The molecule has 5 heteroatoms. The summed E-state index contributed by atoms with van der Waals surface area (Å²) >= 11 is 5.05. The van der Waals surface area contributed by atoms with Gasteiger partial charge >= 0.3 is 0 Å². The maximum atomic E-state index is 12.4. The minimum absolute atomic E-state index is 0.0739. The number of halogens is 1. The second-order valence-electron chi connectivity index (χ2n) is 5.90.